The number of rotatable bonds is 6. The molecule has 1 saturated heterocycles. The number of halogens is 1. The summed E-state index contributed by atoms with van der Waals surface area (Å²) in [5, 5.41) is 3.46. The first-order chi connectivity index (χ1) is 10.1. The quantitative estimate of drug-likeness (QED) is 0.868. The number of nitrogens with one attached hydrogen (secondary N) is 1. The van der Waals surface area contributed by atoms with Crippen LogP contribution in [-0.2, 0) is 0 Å². The fourth-order valence-electron chi connectivity index (χ4n) is 3.11. The standard InChI is InChI=1S/C17H28FN3/c1-4-19-17(15-7-5-6-8-16(15)18)14(2)13-21-11-9-20(3)10-12-21/h5-8,14,17,19H,4,9-13H2,1-3H3. The Balaban J connectivity index is 2.02. The van der Waals surface area contributed by atoms with Crippen molar-refractivity contribution in [2.75, 3.05) is 46.3 Å². The van der Waals surface area contributed by atoms with Crippen LogP contribution < -0.4 is 5.32 Å². The molecule has 0 spiro atoms. The second-order valence-electron chi connectivity index (χ2n) is 6.14. The van der Waals surface area contributed by atoms with Crippen LogP contribution in [0, 0.1) is 11.7 Å². The first-order valence-corrected chi connectivity index (χ1v) is 8.00. The van der Waals surface area contributed by atoms with E-state index in [1.165, 1.54) is 0 Å². The minimum atomic E-state index is -0.103. The van der Waals surface area contributed by atoms with Crippen molar-refractivity contribution in [3.8, 4) is 0 Å². The lowest BCUT2D eigenvalue weighted by Crippen LogP contribution is -2.47. The molecule has 1 aromatic rings. The van der Waals surface area contributed by atoms with Gasteiger partial charge in [-0.2, -0.15) is 0 Å². The number of hydrogen-bond donors (Lipinski definition) is 1. The van der Waals surface area contributed by atoms with E-state index >= 15 is 0 Å². The van der Waals surface area contributed by atoms with E-state index in [1.54, 1.807) is 12.1 Å². The molecular formula is C17H28FN3. The molecule has 3 nitrogen and oxygen atoms in total. The van der Waals surface area contributed by atoms with Gasteiger partial charge in [-0.1, -0.05) is 32.0 Å². The van der Waals surface area contributed by atoms with Crippen molar-refractivity contribution in [3.63, 3.8) is 0 Å². The van der Waals surface area contributed by atoms with E-state index in [0.717, 1.165) is 44.8 Å². The average molecular weight is 293 g/mol. The van der Waals surface area contributed by atoms with Crippen LogP contribution in [0.5, 0.6) is 0 Å². The lowest BCUT2D eigenvalue weighted by atomic mass is 9.93. The number of likely N-dealkylation sites (N-methyl/N-ethyl adjacent to an activating group) is 1. The van der Waals surface area contributed by atoms with Gasteiger partial charge in [0.15, 0.2) is 0 Å². The van der Waals surface area contributed by atoms with Gasteiger partial charge in [-0.25, -0.2) is 4.39 Å². The van der Waals surface area contributed by atoms with E-state index in [-0.39, 0.29) is 11.9 Å². The molecule has 1 fully saturated rings. The Bertz CT molecular complexity index is 430. The summed E-state index contributed by atoms with van der Waals surface area (Å²) in [5.74, 6) is 0.277. The van der Waals surface area contributed by atoms with E-state index < -0.39 is 0 Å². The first kappa shape index (κ1) is 16.4. The van der Waals surface area contributed by atoms with Gasteiger partial charge in [0, 0.05) is 44.3 Å². The molecule has 0 saturated carbocycles. The zero-order valence-electron chi connectivity index (χ0n) is 13.5. The second-order valence-corrected chi connectivity index (χ2v) is 6.14. The molecule has 1 aliphatic heterocycles. The predicted octanol–water partition coefficient (Wildman–Crippen LogP) is 2.36. The van der Waals surface area contributed by atoms with Crippen LogP contribution in [0.3, 0.4) is 0 Å². The molecule has 0 bridgehead atoms. The lowest BCUT2D eigenvalue weighted by molar-refractivity contribution is 0.129. The largest absolute Gasteiger partial charge is 0.310 e. The van der Waals surface area contributed by atoms with Crippen molar-refractivity contribution < 1.29 is 4.39 Å². The molecule has 0 radical (unpaired) electrons. The Labute approximate surface area is 128 Å². The van der Waals surface area contributed by atoms with Crippen LogP contribution in [0.4, 0.5) is 4.39 Å². The molecule has 0 aromatic heterocycles. The van der Waals surface area contributed by atoms with Crippen molar-refractivity contribution in [1.29, 1.82) is 0 Å². The van der Waals surface area contributed by atoms with E-state index in [0.29, 0.717) is 5.92 Å². The van der Waals surface area contributed by atoms with Gasteiger partial charge in [0.1, 0.15) is 5.82 Å². The molecule has 1 heterocycles. The highest BCUT2D eigenvalue weighted by Crippen LogP contribution is 2.25. The second kappa shape index (κ2) is 7.87. The maximum absolute atomic E-state index is 14.1. The Hall–Kier alpha value is -0.970. The molecule has 0 amide bonds. The van der Waals surface area contributed by atoms with E-state index in [4.69, 9.17) is 0 Å². The smallest absolute Gasteiger partial charge is 0.127 e. The number of benzene rings is 1. The van der Waals surface area contributed by atoms with Gasteiger partial charge in [0.25, 0.3) is 0 Å². The first-order valence-electron chi connectivity index (χ1n) is 8.00. The normalized spacial score (nSPS) is 20.4. The van der Waals surface area contributed by atoms with Gasteiger partial charge < -0.3 is 15.1 Å². The summed E-state index contributed by atoms with van der Waals surface area (Å²) in [5.41, 5.74) is 0.793. The summed E-state index contributed by atoms with van der Waals surface area (Å²) in [6.45, 7) is 10.6. The summed E-state index contributed by atoms with van der Waals surface area (Å²) in [6.07, 6.45) is 0. The Morgan fingerprint density at radius 1 is 1.19 bits per heavy atom. The highest BCUT2D eigenvalue weighted by atomic mass is 19.1. The molecule has 4 heteroatoms. The summed E-state index contributed by atoms with van der Waals surface area (Å²) < 4.78 is 14.1. The van der Waals surface area contributed by atoms with Crippen molar-refractivity contribution in [1.82, 2.24) is 15.1 Å². The predicted molar refractivity (Wildman–Crippen MR) is 85.9 cm³/mol. The van der Waals surface area contributed by atoms with Crippen LogP contribution >= 0.6 is 0 Å². The van der Waals surface area contributed by atoms with Gasteiger partial charge in [0.2, 0.25) is 0 Å². The van der Waals surface area contributed by atoms with Crippen molar-refractivity contribution in [2.24, 2.45) is 5.92 Å². The molecule has 1 aliphatic rings. The zero-order chi connectivity index (χ0) is 15.2. The fourth-order valence-corrected chi connectivity index (χ4v) is 3.11. The summed E-state index contributed by atoms with van der Waals surface area (Å²) in [6, 6.07) is 7.22. The van der Waals surface area contributed by atoms with Crippen molar-refractivity contribution in [3.05, 3.63) is 35.6 Å². The average Bonchev–Trinajstić information content (AvgIpc) is 2.48. The van der Waals surface area contributed by atoms with E-state index in [1.807, 2.05) is 12.1 Å². The Kier molecular flexibility index (Phi) is 6.15. The summed E-state index contributed by atoms with van der Waals surface area (Å²) in [7, 11) is 2.17. The molecule has 21 heavy (non-hydrogen) atoms. The molecule has 1 N–H and O–H groups in total. The number of hydrogen-bond acceptors (Lipinski definition) is 3. The molecular weight excluding hydrogens is 265 g/mol. The van der Waals surface area contributed by atoms with Crippen molar-refractivity contribution in [2.45, 2.75) is 19.9 Å². The van der Waals surface area contributed by atoms with Gasteiger partial charge in [0.05, 0.1) is 0 Å². The molecule has 2 unspecified atom stereocenters. The van der Waals surface area contributed by atoms with Crippen LogP contribution in [0.1, 0.15) is 25.5 Å². The molecule has 118 valence electrons. The molecule has 0 aliphatic carbocycles. The molecule has 2 rings (SSSR count). The topological polar surface area (TPSA) is 18.5 Å². The van der Waals surface area contributed by atoms with Gasteiger partial charge in [-0.3, -0.25) is 0 Å². The third-order valence-corrected chi connectivity index (χ3v) is 4.38. The summed E-state index contributed by atoms with van der Waals surface area (Å²) >= 11 is 0. The van der Waals surface area contributed by atoms with Crippen molar-refractivity contribution >= 4 is 0 Å². The van der Waals surface area contributed by atoms with Crippen LogP contribution in [0.15, 0.2) is 24.3 Å². The highest BCUT2D eigenvalue weighted by molar-refractivity contribution is 5.22. The van der Waals surface area contributed by atoms with Crippen LogP contribution in [-0.4, -0.2) is 56.1 Å². The van der Waals surface area contributed by atoms with E-state index in [9.17, 15) is 4.39 Å². The fraction of sp³-hybridized carbons (Fsp3) is 0.647. The Morgan fingerprint density at radius 3 is 2.48 bits per heavy atom. The third-order valence-electron chi connectivity index (χ3n) is 4.38. The van der Waals surface area contributed by atoms with Crippen LogP contribution in [0.25, 0.3) is 0 Å². The maximum atomic E-state index is 14.1. The molecule has 1 aromatic carbocycles. The lowest BCUT2D eigenvalue weighted by Gasteiger charge is -2.36. The Morgan fingerprint density at radius 2 is 1.86 bits per heavy atom. The maximum Gasteiger partial charge on any atom is 0.127 e. The SMILES string of the molecule is CCNC(c1ccccc1F)C(C)CN1CCN(C)CC1. The third kappa shape index (κ3) is 4.50. The number of nitrogens with zero attached hydrogens (tertiary/aromatic N) is 2. The number of piperazine rings is 1. The highest BCUT2D eigenvalue weighted by Gasteiger charge is 2.24. The van der Waals surface area contributed by atoms with Crippen LogP contribution in [0.2, 0.25) is 0 Å². The van der Waals surface area contributed by atoms with Gasteiger partial charge in [-0.15, -0.1) is 0 Å². The van der Waals surface area contributed by atoms with Gasteiger partial charge >= 0.3 is 0 Å². The van der Waals surface area contributed by atoms with E-state index in [2.05, 4.69) is 36.0 Å². The minimum absolute atomic E-state index is 0.0795. The molecule has 2 atom stereocenters. The monoisotopic (exact) mass is 293 g/mol. The summed E-state index contributed by atoms with van der Waals surface area (Å²) in [4.78, 5) is 4.86. The van der Waals surface area contributed by atoms with Gasteiger partial charge in [-0.05, 0) is 25.6 Å². The minimum Gasteiger partial charge on any atom is -0.310 e. The zero-order valence-corrected chi connectivity index (χ0v) is 13.5.